The molecule has 3 aromatic carbocycles. The van der Waals surface area contributed by atoms with Gasteiger partial charge < -0.3 is 24.4 Å². The van der Waals surface area contributed by atoms with Gasteiger partial charge in [-0.05, 0) is 75.9 Å². The van der Waals surface area contributed by atoms with Crippen molar-refractivity contribution in [3.8, 4) is 0 Å². The van der Waals surface area contributed by atoms with E-state index in [0.29, 0.717) is 5.56 Å². The minimum Gasteiger partial charge on any atom is -0.478 e. The number of ether oxygens (including phenoxy) is 2. The third-order valence-electron chi connectivity index (χ3n) is 8.62. The van der Waals surface area contributed by atoms with Crippen LogP contribution >= 0.6 is 0 Å². The van der Waals surface area contributed by atoms with Crippen LogP contribution < -0.4 is 20.2 Å². The quantitative estimate of drug-likeness (QED) is 0.522. The molecular weight excluding hydrogens is 492 g/mol. The Balaban J connectivity index is 1.53. The number of anilines is 2. The number of aromatic carboxylic acids is 1. The van der Waals surface area contributed by atoms with Crippen molar-refractivity contribution in [2.75, 3.05) is 62.4 Å². The van der Waals surface area contributed by atoms with Crippen LogP contribution in [0.3, 0.4) is 0 Å². The van der Waals surface area contributed by atoms with E-state index >= 15 is 0 Å². The van der Waals surface area contributed by atoms with Crippen LogP contribution in [-0.4, -0.2) is 71.8 Å². The highest BCUT2D eigenvalue weighted by molar-refractivity contribution is 7.01. The summed E-state index contributed by atoms with van der Waals surface area (Å²) in [4.78, 5) is 16.6. The van der Waals surface area contributed by atoms with Gasteiger partial charge in [0.25, 0.3) is 0 Å². The highest BCUT2D eigenvalue weighted by atomic mass is 28.3. The lowest BCUT2D eigenvalue weighted by molar-refractivity contribution is 0.0696. The van der Waals surface area contributed by atoms with Gasteiger partial charge in [-0.1, -0.05) is 31.3 Å². The van der Waals surface area contributed by atoms with E-state index in [2.05, 4.69) is 59.3 Å². The second-order valence-corrected chi connectivity index (χ2v) is 15.5. The summed E-state index contributed by atoms with van der Waals surface area (Å²) in [7, 11) is -2.05. The van der Waals surface area contributed by atoms with E-state index < -0.39 is 14.0 Å². The van der Waals surface area contributed by atoms with Crippen molar-refractivity contribution in [3.63, 3.8) is 0 Å². The molecule has 198 valence electrons. The number of fused-ring (bicyclic) bond motifs is 2. The first kappa shape index (κ1) is 25.2. The molecule has 6 nitrogen and oxygen atoms in total. The van der Waals surface area contributed by atoms with Crippen molar-refractivity contribution in [1.29, 1.82) is 0 Å². The second-order valence-electron chi connectivity index (χ2n) is 11.2. The van der Waals surface area contributed by atoms with E-state index in [1.54, 1.807) is 6.07 Å². The van der Waals surface area contributed by atoms with Gasteiger partial charge in [0.15, 0.2) is 0 Å². The normalized spacial score (nSPS) is 19.1. The molecule has 0 amide bonds. The molecular formula is C31H36N2O4Si. The van der Waals surface area contributed by atoms with Gasteiger partial charge >= 0.3 is 5.97 Å². The number of carboxylic acid groups (broad SMARTS) is 1. The maximum absolute atomic E-state index is 11.7. The van der Waals surface area contributed by atoms with E-state index in [4.69, 9.17) is 9.47 Å². The summed E-state index contributed by atoms with van der Waals surface area (Å²) in [6, 6.07) is 19.7. The monoisotopic (exact) mass is 528 g/mol. The summed E-state index contributed by atoms with van der Waals surface area (Å²) in [5, 5.41) is 12.5. The number of hydrogen-bond donors (Lipinski definition) is 1. The summed E-state index contributed by atoms with van der Waals surface area (Å²) in [5.74, 6) is -0.816. The number of carbonyl (C=O) groups is 1. The van der Waals surface area contributed by atoms with Crippen molar-refractivity contribution in [3.05, 3.63) is 82.4 Å². The average Bonchev–Trinajstić information content (AvgIpc) is 2.94. The molecule has 0 bridgehead atoms. The predicted molar refractivity (Wildman–Crippen MR) is 155 cm³/mol. The Morgan fingerprint density at radius 3 is 1.68 bits per heavy atom. The highest BCUT2D eigenvalue weighted by Crippen LogP contribution is 2.39. The molecule has 0 unspecified atom stereocenters. The van der Waals surface area contributed by atoms with Gasteiger partial charge in [0, 0.05) is 43.5 Å². The van der Waals surface area contributed by atoms with Crippen LogP contribution in [-0.2, 0) is 9.47 Å². The molecule has 3 heterocycles. The molecule has 0 aromatic heterocycles. The molecule has 6 rings (SSSR count). The zero-order valence-electron chi connectivity index (χ0n) is 22.5. The Hall–Kier alpha value is -3.13. The number of aryl methyl sites for hydroxylation is 1. The van der Waals surface area contributed by atoms with E-state index in [-0.39, 0.29) is 5.92 Å². The van der Waals surface area contributed by atoms with Crippen LogP contribution in [0.2, 0.25) is 13.1 Å². The molecule has 0 aliphatic carbocycles. The van der Waals surface area contributed by atoms with Crippen LogP contribution in [0, 0.1) is 6.92 Å². The summed E-state index contributed by atoms with van der Waals surface area (Å²) in [6.07, 6.45) is 0. The third kappa shape index (κ3) is 4.32. The molecule has 38 heavy (non-hydrogen) atoms. The summed E-state index contributed by atoms with van der Waals surface area (Å²) < 4.78 is 11.2. The van der Waals surface area contributed by atoms with Crippen molar-refractivity contribution in [2.24, 2.45) is 0 Å². The number of carboxylic acids is 1. The standard InChI is InChI=1S/C31H36N2O4Si/c1-21-18-22(31(34)35)4-7-25(21)30-26-8-5-23(32-10-14-36-15-11-32)19-28(26)38(2,3)29-20-24(6-9-27(29)30)33-12-16-37-17-13-33/h4-9,18-20,30H,10-17H2,1-3H3,(H,34,35). The summed E-state index contributed by atoms with van der Waals surface area (Å²) >= 11 is 0. The first-order valence-corrected chi connectivity index (χ1v) is 16.6. The van der Waals surface area contributed by atoms with Crippen molar-refractivity contribution >= 4 is 35.8 Å². The Morgan fingerprint density at radius 2 is 1.24 bits per heavy atom. The molecule has 3 aliphatic rings. The second kappa shape index (κ2) is 9.87. The molecule has 3 aliphatic heterocycles. The SMILES string of the molecule is Cc1cc(C(=O)O)ccc1C1c2ccc(N3CCOCC3)cc2[Si](C)(C)c2cc(N3CCOCC3)ccc21. The Labute approximate surface area is 225 Å². The zero-order valence-corrected chi connectivity index (χ0v) is 23.5. The Morgan fingerprint density at radius 1 is 0.763 bits per heavy atom. The van der Waals surface area contributed by atoms with Gasteiger partial charge in [0.1, 0.15) is 8.07 Å². The molecule has 0 saturated carbocycles. The van der Waals surface area contributed by atoms with Crippen LogP contribution in [0.15, 0.2) is 54.6 Å². The number of morpholine rings is 2. The average molecular weight is 529 g/mol. The van der Waals surface area contributed by atoms with Gasteiger partial charge in [0.05, 0.1) is 32.0 Å². The van der Waals surface area contributed by atoms with Crippen LogP contribution in [0.1, 0.15) is 38.5 Å². The number of rotatable bonds is 4. The van der Waals surface area contributed by atoms with E-state index in [0.717, 1.165) is 58.2 Å². The largest absolute Gasteiger partial charge is 0.478 e. The van der Waals surface area contributed by atoms with Gasteiger partial charge in [-0.25, -0.2) is 4.79 Å². The molecule has 0 spiro atoms. The predicted octanol–water partition coefficient (Wildman–Crippen LogP) is 3.68. The van der Waals surface area contributed by atoms with Crippen molar-refractivity contribution in [1.82, 2.24) is 0 Å². The van der Waals surface area contributed by atoms with Crippen LogP contribution in [0.4, 0.5) is 11.4 Å². The summed E-state index contributed by atoms with van der Waals surface area (Å²) in [5.41, 5.74) is 7.80. The lowest BCUT2D eigenvalue weighted by atomic mass is 9.81. The van der Waals surface area contributed by atoms with Gasteiger partial charge in [-0.2, -0.15) is 0 Å². The molecule has 3 aromatic rings. The number of hydrogen-bond acceptors (Lipinski definition) is 5. The van der Waals surface area contributed by atoms with Crippen molar-refractivity contribution < 1.29 is 19.4 Å². The molecule has 1 N–H and O–H groups in total. The van der Waals surface area contributed by atoms with Crippen molar-refractivity contribution in [2.45, 2.75) is 25.9 Å². The maximum Gasteiger partial charge on any atom is 0.335 e. The molecule has 7 heteroatoms. The number of benzene rings is 3. The fraction of sp³-hybridized carbons (Fsp3) is 0.387. The lowest BCUT2D eigenvalue weighted by Crippen LogP contribution is -2.59. The Bertz CT molecular complexity index is 1300. The lowest BCUT2D eigenvalue weighted by Gasteiger charge is -2.41. The third-order valence-corrected chi connectivity index (χ3v) is 12.2. The molecule has 2 fully saturated rings. The van der Waals surface area contributed by atoms with Crippen LogP contribution in [0.5, 0.6) is 0 Å². The fourth-order valence-corrected chi connectivity index (χ4v) is 9.70. The molecule has 2 saturated heterocycles. The first-order valence-electron chi connectivity index (χ1n) is 13.6. The van der Waals surface area contributed by atoms with E-state index in [1.165, 1.54) is 38.4 Å². The molecule has 0 radical (unpaired) electrons. The minimum atomic E-state index is -2.05. The fourth-order valence-electron chi connectivity index (χ4n) is 6.49. The smallest absolute Gasteiger partial charge is 0.335 e. The topological polar surface area (TPSA) is 62.2 Å². The Kier molecular flexibility index (Phi) is 6.54. The zero-order chi connectivity index (χ0) is 26.4. The summed E-state index contributed by atoms with van der Waals surface area (Å²) in [6.45, 7) is 13.7. The first-order chi connectivity index (χ1) is 18.3. The van der Waals surface area contributed by atoms with Crippen LogP contribution in [0.25, 0.3) is 0 Å². The van der Waals surface area contributed by atoms with Gasteiger partial charge in [0.2, 0.25) is 0 Å². The van der Waals surface area contributed by atoms with Gasteiger partial charge in [-0.3, -0.25) is 0 Å². The minimum absolute atomic E-state index is 0.0702. The number of nitrogens with zero attached hydrogens (tertiary/aromatic N) is 2. The highest BCUT2D eigenvalue weighted by Gasteiger charge is 2.41. The van der Waals surface area contributed by atoms with E-state index in [1.807, 2.05) is 19.1 Å². The van der Waals surface area contributed by atoms with E-state index in [9.17, 15) is 9.90 Å². The maximum atomic E-state index is 11.7. The van der Waals surface area contributed by atoms with Gasteiger partial charge in [-0.15, -0.1) is 0 Å². The molecule has 0 atom stereocenters.